The van der Waals surface area contributed by atoms with Crippen LogP contribution in [0.25, 0.3) is 0 Å². The molecular formula is C10H19O2Sn. The Morgan fingerprint density at radius 1 is 1.31 bits per heavy atom. The monoisotopic (exact) mass is 291 g/mol. The molecule has 1 atom stereocenters. The molecule has 0 fully saturated rings. The van der Waals surface area contributed by atoms with Gasteiger partial charge in [-0.3, -0.25) is 0 Å². The van der Waals surface area contributed by atoms with E-state index in [0.717, 1.165) is 42.2 Å². The summed E-state index contributed by atoms with van der Waals surface area (Å²) >= 11 is 0.864. The first-order valence-electron chi connectivity index (χ1n) is 5.13. The third-order valence-corrected chi connectivity index (χ3v) is 2.91. The first-order valence-corrected chi connectivity index (χ1v) is 6.30. The van der Waals surface area contributed by atoms with Crippen LogP contribution in [0.2, 0.25) is 0 Å². The van der Waals surface area contributed by atoms with Gasteiger partial charge in [0.1, 0.15) is 0 Å². The van der Waals surface area contributed by atoms with Gasteiger partial charge in [-0.15, -0.1) is 0 Å². The van der Waals surface area contributed by atoms with E-state index in [9.17, 15) is 4.79 Å². The van der Waals surface area contributed by atoms with Crippen molar-refractivity contribution in [2.45, 2.75) is 52.4 Å². The summed E-state index contributed by atoms with van der Waals surface area (Å²) in [5.74, 6) is 0.147. The van der Waals surface area contributed by atoms with E-state index >= 15 is 0 Å². The molecule has 0 spiro atoms. The van der Waals surface area contributed by atoms with Crippen molar-refractivity contribution in [3.63, 3.8) is 0 Å². The summed E-state index contributed by atoms with van der Waals surface area (Å²) in [6.07, 6.45) is 6.86. The molecule has 3 heteroatoms. The molecule has 0 aromatic rings. The zero-order chi connectivity index (χ0) is 10.1. The molecule has 0 aromatic carbocycles. The minimum atomic E-state index is -0.00259. The van der Waals surface area contributed by atoms with Crippen molar-refractivity contribution in [2.75, 3.05) is 0 Å². The van der Waals surface area contributed by atoms with E-state index in [1.54, 1.807) is 0 Å². The van der Waals surface area contributed by atoms with Gasteiger partial charge in [-0.25, -0.2) is 0 Å². The van der Waals surface area contributed by atoms with Crippen LogP contribution in [-0.2, 0) is 7.87 Å². The van der Waals surface area contributed by atoms with E-state index in [4.69, 9.17) is 3.07 Å². The van der Waals surface area contributed by atoms with Crippen LogP contribution < -0.4 is 0 Å². The Balaban J connectivity index is 3.53. The number of carbonyl (C=O) groups excluding carboxylic acids is 1. The molecule has 0 rings (SSSR count). The molecule has 0 aromatic heterocycles. The molecule has 3 radical (unpaired) electrons. The summed E-state index contributed by atoms with van der Waals surface area (Å²) in [4.78, 5) is 11.2. The predicted octanol–water partition coefficient (Wildman–Crippen LogP) is 2.61. The van der Waals surface area contributed by atoms with Crippen molar-refractivity contribution in [3.8, 4) is 0 Å². The average molecular weight is 290 g/mol. The SMILES string of the molecule is CCCCCCC(CC)C(=O)[O][Sn]. The summed E-state index contributed by atoms with van der Waals surface area (Å²) in [6, 6.07) is 0. The van der Waals surface area contributed by atoms with Crippen LogP contribution in [0.15, 0.2) is 0 Å². The Labute approximate surface area is 95.1 Å². The molecule has 0 aliphatic carbocycles. The molecule has 0 saturated carbocycles. The second kappa shape index (κ2) is 8.85. The maximum atomic E-state index is 11.2. The van der Waals surface area contributed by atoms with Gasteiger partial charge in [-0.05, 0) is 0 Å². The van der Waals surface area contributed by atoms with Crippen LogP contribution >= 0.6 is 0 Å². The van der Waals surface area contributed by atoms with Gasteiger partial charge in [0.05, 0.1) is 0 Å². The maximum absolute atomic E-state index is 11.2. The number of hydrogen-bond acceptors (Lipinski definition) is 2. The van der Waals surface area contributed by atoms with E-state index in [1.807, 2.05) is 0 Å². The second-order valence-corrected chi connectivity index (χ2v) is 3.96. The quantitative estimate of drug-likeness (QED) is 0.532. The van der Waals surface area contributed by atoms with Crippen LogP contribution in [-0.4, -0.2) is 28.9 Å². The van der Waals surface area contributed by atoms with Crippen molar-refractivity contribution < 1.29 is 7.87 Å². The summed E-state index contributed by atoms with van der Waals surface area (Å²) < 4.78 is 4.81. The number of rotatable bonds is 7. The van der Waals surface area contributed by atoms with Crippen LogP contribution in [0.1, 0.15) is 52.4 Å². The van der Waals surface area contributed by atoms with E-state index in [0.29, 0.717) is 0 Å². The predicted molar refractivity (Wildman–Crippen MR) is 54.4 cm³/mol. The van der Waals surface area contributed by atoms with E-state index in [2.05, 4.69) is 13.8 Å². The fraction of sp³-hybridized carbons (Fsp3) is 0.900. The Morgan fingerprint density at radius 2 is 2.00 bits per heavy atom. The fourth-order valence-electron chi connectivity index (χ4n) is 1.39. The minimum absolute atomic E-state index is 0.00259. The molecular weight excluding hydrogens is 271 g/mol. The van der Waals surface area contributed by atoms with E-state index < -0.39 is 0 Å². The summed E-state index contributed by atoms with van der Waals surface area (Å²) in [5, 5.41) is 0. The summed E-state index contributed by atoms with van der Waals surface area (Å²) in [5.41, 5.74) is 0. The van der Waals surface area contributed by atoms with Crippen LogP contribution in [0.5, 0.6) is 0 Å². The molecule has 0 N–H and O–H groups in total. The van der Waals surface area contributed by atoms with Crippen molar-refractivity contribution in [1.29, 1.82) is 0 Å². The Morgan fingerprint density at radius 3 is 2.46 bits per heavy atom. The first kappa shape index (κ1) is 13.3. The molecule has 2 nitrogen and oxygen atoms in total. The molecule has 0 saturated heterocycles. The van der Waals surface area contributed by atoms with Crippen molar-refractivity contribution in [3.05, 3.63) is 0 Å². The number of unbranched alkanes of at least 4 members (excludes halogenated alkanes) is 3. The van der Waals surface area contributed by atoms with Gasteiger partial charge in [-0.1, -0.05) is 0 Å². The van der Waals surface area contributed by atoms with Gasteiger partial charge in [0.2, 0.25) is 0 Å². The topological polar surface area (TPSA) is 26.3 Å². The van der Waals surface area contributed by atoms with Crippen molar-refractivity contribution >= 4 is 28.9 Å². The van der Waals surface area contributed by atoms with Gasteiger partial charge in [-0.2, -0.15) is 0 Å². The molecule has 75 valence electrons. The van der Waals surface area contributed by atoms with Crippen LogP contribution in [0.4, 0.5) is 0 Å². The Bertz CT molecular complexity index is 137. The first-order chi connectivity index (χ1) is 6.26. The van der Waals surface area contributed by atoms with Gasteiger partial charge >= 0.3 is 95.1 Å². The van der Waals surface area contributed by atoms with E-state index in [-0.39, 0.29) is 11.9 Å². The van der Waals surface area contributed by atoms with Crippen molar-refractivity contribution in [1.82, 2.24) is 0 Å². The molecule has 0 aliphatic heterocycles. The zero-order valence-corrected chi connectivity index (χ0v) is 11.5. The molecule has 0 bridgehead atoms. The second-order valence-electron chi connectivity index (χ2n) is 3.38. The molecule has 1 unspecified atom stereocenters. The molecule has 13 heavy (non-hydrogen) atoms. The van der Waals surface area contributed by atoms with Crippen LogP contribution in [0, 0.1) is 5.92 Å². The Kier molecular flexibility index (Phi) is 9.03. The van der Waals surface area contributed by atoms with Gasteiger partial charge in [0, 0.05) is 0 Å². The van der Waals surface area contributed by atoms with Crippen molar-refractivity contribution in [2.24, 2.45) is 5.92 Å². The van der Waals surface area contributed by atoms with Crippen LogP contribution in [0.3, 0.4) is 0 Å². The molecule has 0 amide bonds. The fourth-order valence-corrected chi connectivity index (χ4v) is 1.87. The molecule has 0 aliphatic rings. The standard InChI is InChI=1S/C10H20O2.Sn/c1-3-5-6-7-8-9(4-2)10(11)12;/h9H,3-8H2,1-2H3,(H,11,12);/q;+1/p-1. The van der Waals surface area contributed by atoms with Gasteiger partial charge in [0.15, 0.2) is 0 Å². The number of hydrogen-bond donors (Lipinski definition) is 0. The zero-order valence-electron chi connectivity index (χ0n) is 8.64. The average Bonchev–Trinajstić information content (AvgIpc) is 2.17. The molecule has 0 heterocycles. The Hall–Kier alpha value is 0.269. The summed E-state index contributed by atoms with van der Waals surface area (Å²) in [6.45, 7) is 4.25. The normalized spacial score (nSPS) is 12.5. The summed E-state index contributed by atoms with van der Waals surface area (Å²) in [7, 11) is 0. The van der Waals surface area contributed by atoms with Gasteiger partial charge in [0.25, 0.3) is 0 Å². The van der Waals surface area contributed by atoms with E-state index in [1.165, 1.54) is 19.3 Å². The third-order valence-electron chi connectivity index (χ3n) is 2.33. The third kappa shape index (κ3) is 6.35. The number of carbonyl (C=O) groups is 1. The van der Waals surface area contributed by atoms with Gasteiger partial charge < -0.3 is 0 Å².